The molecule has 0 bridgehead atoms. The fraction of sp³-hybridized carbons (Fsp3) is 0.455. The van der Waals surface area contributed by atoms with E-state index in [0.717, 1.165) is 24.0 Å². The average Bonchev–Trinajstić information content (AvgIpc) is 2.69. The molecule has 0 N–H and O–H groups in total. The van der Waals surface area contributed by atoms with E-state index >= 15 is 0 Å². The molecule has 6 heteroatoms. The van der Waals surface area contributed by atoms with Crippen LogP contribution in [0.5, 0.6) is 23.0 Å². The van der Waals surface area contributed by atoms with Crippen LogP contribution in [-0.2, 0) is 12.8 Å². The van der Waals surface area contributed by atoms with Gasteiger partial charge in [0.1, 0.15) is 0 Å². The fourth-order valence-corrected chi connectivity index (χ4v) is 3.66. The minimum atomic E-state index is 0.375. The molecule has 2 rings (SSSR count). The van der Waals surface area contributed by atoms with Crippen molar-refractivity contribution in [3.8, 4) is 23.0 Å². The van der Waals surface area contributed by atoms with Crippen molar-refractivity contribution in [3.05, 3.63) is 45.4 Å². The number of hydrogen-bond acceptors (Lipinski definition) is 4. The van der Waals surface area contributed by atoms with Gasteiger partial charge in [-0.15, -0.1) is 0 Å². The molecule has 28 heavy (non-hydrogen) atoms. The lowest BCUT2D eigenvalue weighted by Crippen LogP contribution is -2.14. The van der Waals surface area contributed by atoms with Gasteiger partial charge in [-0.25, -0.2) is 0 Å². The van der Waals surface area contributed by atoms with Crippen molar-refractivity contribution in [1.29, 1.82) is 0 Å². The van der Waals surface area contributed by atoms with Crippen LogP contribution in [0.1, 0.15) is 25.0 Å². The molecule has 0 saturated carbocycles. The van der Waals surface area contributed by atoms with Gasteiger partial charge in [-0.2, -0.15) is 0 Å². The van der Waals surface area contributed by atoms with Gasteiger partial charge >= 0.3 is 0 Å². The molecule has 0 amide bonds. The number of benzene rings is 2. The van der Waals surface area contributed by atoms with Crippen molar-refractivity contribution in [2.75, 3.05) is 28.4 Å². The van der Waals surface area contributed by atoms with Crippen molar-refractivity contribution in [1.82, 2.24) is 0 Å². The first kappa shape index (κ1) is 22.5. The SMILES string of the molecule is COc1cc(Cl)c(C[C@@H](C)[C@@H](C)Cc2cc(OC)c(OC)cc2Cl)cc1OC. The second-order valence-corrected chi connectivity index (χ2v) is 7.77. The van der Waals surface area contributed by atoms with Gasteiger partial charge in [0.05, 0.1) is 28.4 Å². The highest BCUT2D eigenvalue weighted by molar-refractivity contribution is 6.31. The fourth-order valence-electron chi connectivity index (χ4n) is 3.20. The van der Waals surface area contributed by atoms with Crippen molar-refractivity contribution in [3.63, 3.8) is 0 Å². The van der Waals surface area contributed by atoms with E-state index in [1.165, 1.54) is 0 Å². The van der Waals surface area contributed by atoms with Crippen LogP contribution in [-0.4, -0.2) is 28.4 Å². The topological polar surface area (TPSA) is 36.9 Å². The minimum Gasteiger partial charge on any atom is -0.493 e. The Morgan fingerprint density at radius 1 is 0.607 bits per heavy atom. The maximum Gasteiger partial charge on any atom is 0.162 e. The molecule has 0 aliphatic heterocycles. The molecular formula is C22H28Cl2O4. The predicted octanol–water partition coefficient (Wildman–Crippen LogP) is 6.09. The first-order valence-electron chi connectivity index (χ1n) is 9.15. The Kier molecular flexibility index (Phi) is 8.14. The van der Waals surface area contributed by atoms with Crippen molar-refractivity contribution in [2.45, 2.75) is 26.7 Å². The number of ether oxygens (including phenoxy) is 4. The van der Waals surface area contributed by atoms with Crippen LogP contribution in [0.4, 0.5) is 0 Å². The molecule has 0 aliphatic rings. The second-order valence-electron chi connectivity index (χ2n) is 6.96. The molecule has 0 fully saturated rings. The Morgan fingerprint density at radius 2 is 0.893 bits per heavy atom. The molecule has 0 saturated heterocycles. The summed E-state index contributed by atoms with van der Waals surface area (Å²) in [7, 11) is 6.46. The third-order valence-electron chi connectivity index (χ3n) is 5.16. The summed E-state index contributed by atoms with van der Waals surface area (Å²) in [5.74, 6) is 3.39. The normalized spacial score (nSPS) is 13.0. The van der Waals surface area contributed by atoms with E-state index in [9.17, 15) is 0 Å². The van der Waals surface area contributed by atoms with Crippen LogP contribution < -0.4 is 18.9 Å². The summed E-state index contributed by atoms with van der Waals surface area (Å²) < 4.78 is 21.4. The summed E-state index contributed by atoms with van der Waals surface area (Å²) in [6, 6.07) is 7.51. The molecule has 4 nitrogen and oxygen atoms in total. The van der Waals surface area contributed by atoms with Gasteiger partial charge in [-0.1, -0.05) is 37.0 Å². The van der Waals surface area contributed by atoms with Crippen LogP contribution in [0.3, 0.4) is 0 Å². The standard InChI is InChI=1S/C22H28Cl2O4/c1-13(7-15-9-19(25-3)21(27-5)11-17(15)23)14(2)8-16-10-20(26-4)22(28-6)12-18(16)24/h9-14H,7-8H2,1-6H3/t13-,14+. The quantitative estimate of drug-likeness (QED) is 0.486. The van der Waals surface area contributed by atoms with Crippen molar-refractivity contribution in [2.24, 2.45) is 11.8 Å². The molecule has 0 aromatic heterocycles. The number of rotatable bonds is 9. The van der Waals surface area contributed by atoms with Gasteiger partial charge < -0.3 is 18.9 Å². The number of halogens is 2. The second kappa shape index (κ2) is 10.1. The molecular weight excluding hydrogens is 399 g/mol. The third kappa shape index (κ3) is 5.18. The van der Waals surface area contributed by atoms with E-state index in [0.29, 0.717) is 44.9 Å². The van der Waals surface area contributed by atoms with E-state index in [1.54, 1.807) is 40.6 Å². The maximum atomic E-state index is 6.46. The predicted molar refractivity (Wildman–Crippen MR) is 115 cm³/mol. The Labute approximate surface area is 177 Å². The molecule has 2 aromatic carbocycles. The Bertz CT molecular complexity index is 740. The molecule has 2 aromatic rings. The minimum absolute atomic E-state index is 0.375. The van der Waals surface area contributed by atoms with E-state index in [-0.39, 0.29) is 0 Å². The summed E-state index contributed by atoms with van der Waals surface area (Å²) in [6.07, 6.45) is 1.65. The smallest absolute Gasteiger partial charge is 0.162 e. The van der Waals surface area contributed by atoms with E-state index < -0.39 is 0 Å². The van der Waals surface area contributed by atoms with E-state index in [1.807, 2.05) is 12.1 Å². The Hall–Kier alpha value is -1.78. The monoisotopic (exact) mass is 426 g/mol. The average molecular weight is 427 g/mol. The molecule has 0 unspecified atom stereocenters. The lowest BCUT2D eigenvalue weighted by molar-refractivity contribution is 0.350. The zero-order valence-electron chi connectivity index (χ0n) is 17.3. The lowest BCUT2D eigenvalue weighted by Gasteiger charge is -2.22. The van der Waals surface area contributed by atoms with E-state index in [2.05, 4.69) is 13.8 Å². The molecule has 2 atom stereocenters. The molecule has 0 spiro atoms. The highest BCUT2D eigenvalue weighted by Gasteiger charge is 2.19. The van der Waals surface area contributed by atoms with Gasteiger partial charge in [-0.3, -0.25) is 0 Å². The van der Waals surface area contributed by atoms with Gasteiger partial charge in [-0.05, 0) is 47.9 Å². The highest BCUT2D eigenvalue weighted by Crippen LogP contribution is 2.37. The zero-order chi connectivity index (χ0) is 20.8. The first-order valence-corrected chi connectivity index (χ1v) is 9.90. The molecule has 0 radical (unpaired) electrons. The van der Waals surface area contributed by atoms with Crippen molar-refractivity contribution < 1.29 is 18.9 Å². The number of hydrogen-bond donors (Lipinski definition) is 0. The molecule has 0 aliphatic carbocycles. The van der Waals surface area contributed by atoms with Crippen LogP contribution in [0.25, 0.3) is 0 Å². The summed E-state index contributed by atoms with van der Waals surface area (Å²) in [6.45, 7) is 4.43. The molecule has 154 valence electrons. The first-order chi connectivity index (χ1) is 13.3. The zero-order valence-corrected chi connectivity index (χ0v) is 18.8. The lowest BCUT2D eigenvalue weighted by atomic mass is 9.85. The van der Waals surface area contributed by atoms with Crippen LogP contribution in [0.2, 0.25) is 10.0 Å². The van der Waals surface area contributed by atoms with Crippen LogP contribution in [0, 0.1) is 11.8 Å². The van der Waals surface area contributed by atoms with Crippen molar-refractivity contribution >= 4 is 23.2 Å². The summed E-state index contributed by atoms with van der Waals surface area (Å²) in [4.78, 5) is 0. The van der Waals surface area contributed by atoms with Crippen LogP contribution in [0.15, 0.2) is 24.3 Å². The third-order valence-corrected chi connectivity index (χ3v) is 5.86. The van der Waals surface area contributed by atoms with Crippen LogP contribution >= 0.6 is 23.2 Å². The van der Waals surface area contributed by atoms with Gasteiger partial charge in [0.15, 0.2) is 23.0 Å². The van der Waals surface area contributed by atoms with Gasteiger partial charge in [0, 0.05) is 22.2 Å². The van der Waals surface area contributed by atoms with E-state index in [4.69, 9.17) is 42.1 Å². The Balaban J connectivity index is 2.17. The summed E-state index contributed by atoms with van der Waals surface area (Å²) in [5.41, 5.74) is 2.08. The summed E-state index contributed by atoms with van der Waals surface area (Å²) >= 11 is 12.9. The molecule has 0 heterocycles. The summed E-state index contributed by atoms with van der Waals surface area (Å²) in [5, 5.41) is 1.36. The highest BCUT2D eigenvalue weighted by atomic mass is 35.5. The number of methoxy groups -OCH3 is 4. The van der Waals surface area contributed by atoms with Gasteiger partial charge in [0.25, 0.3) is 0 Å². The Morgan fingerprint density at radius 3 is 1.18 bits per heavy atom. The largest absolute Gasteiger partial charge is 0.493 e. The maximum absolute atomic E-state index is 6.46. The van der Waals surface area contributed by atoms with Gasteiger partial charge in [0.2, 0.25) is 0 Å².